The number of hydrogen-bond donors (Lipinski definition) is 3. The number of benzene rings is 2. The molecule has 0 bridgehead atoms. The SMILES string of the molecule is [B]C(=O)c1cccc(NC([B])([B])c2ccc(C([B])([B])N3CC(C)(C)OC(C)(C)C3)cc2F)c1C([B])NC(CCC=O)C(=O)NC. The van der Waals surface area contributed by atoms with Crippen molar-refractivity contribution in [1.29, 1.82) is 0 Å². The summed E-state index contributed by atoms with van der Waals surface area (Å²) in [5.74, 6) is -2.38. The standard InChI is InChI=1S/C30H35B6FN4O4/c1-27(2)15-41(16-28(3,4)45-27)30(35,36)17-11-12-19(20(37)14-17)29(33,34)40-21-9-6-8-18(25(32)43)23(21)24(31)39-22(10-7-13-42)26(44)38-5/h6,8-9,11-14,22,24,39-40H,7,10,15-16H2,1-5H3,(H,38,44). The van der Waals surface area contributed by atoms with E-state index in [1.165, 1.54) is 37.4 Å². The number of carbonyl (C=O) groups excluding carboxylic acids is 3. The monoisotopic (exact) mass is 600 g/mol. The summed E-state index contributed by atoms with van der Waals surface area (Å²) in [6.45, 7) is 8.50. The van der Waals surface area contributed by atoms with Crippen molar-refractivity contribution in [3.63, 3.8) is 0 Å². The maximum absolute atomic E-state index is 15.8. The van der Waals surface area contributed by atoms with Crippen LogP contribution in [0.2, 0.25) is 0 Å². The zero-order chi connectivity index (χ0) is 34.0. The van der Waals surface area contributed by atoms with E-state index in [2.05, 4.69) is 16.0 Å². The predicted octanol–water partition coefficient (Wildman–Crippen LogP) is 0.881. The molecule has 3 N–H and O–H groups in total. The average molecular weight is 600 g/mol. The van der Waals surface area contributed by atoms with Gasteiger partial charge in [0.2, 0.25) is 5.91 Å². The molecule has 8 nitrogen and oxygen atoms in total. The first-order chi connectivity index (χ1) is 20.7. The Bertz CT molecular complexity index is 1410. The summed E-state index contributed by atoms with van der Waals surface area (Å²) in [7, 11) is 39.6. The number of nitrogens with one attached hydrogen (secondary N) is 3. The van der Waals surface area contributed by atoms with E-state index in [0.717, 1.165) is 0 Å². The van der Waals surface area contributed by atoms with E-state index in [1.807, 2.05) is 32.6 Å². The summed E-state index contributed by atoms with van der Waals surface area (Å²) >= 11 is 0. The van der Waals surface area contributed by atoms with Crippen LogP contribution in [0.25, 0.3) is 0 Å². The number of hydrogen-bond acceptors (Lipinski definition) is 7. The first-order valence-electron chi connectivity index (χ1n) is 14.5. The average Bonchev–Trinajstić information content (AvgIpc) is 2.92. The molecule has 0 aromatic heterocycles. The zero-order valence-electron chi connectivity index (χ0n) is 26.4. The minimum Gasteiger partial charge on any atom is -0.392 e. The minimum absolute atomic E-state index is 0.00469. The molecular weight excluding hydrogens is 564 g/mol. The van der Waals surface area contributed by atoms with Crippen LogP contribution in [0.15, 0.2) is 36.4 Å². The maximum atomic E-state index is 15.8. The van der Waals surface area contributed by atoms with Crippen LogP contribution in [0.4, 0.5) is 10.1 Å². The second kappa shape index (κ2) is 13.9. The molecule has 12 radical (unpaired) electrons. The number of carbonyl (C=O) groups is 3. The van der Waals surface area contributed by atoms with Gasteiger partial charge in [-0.25, -0.2) is 4.39 Å². The van der Waals surface area contributed by atoms with Crippen molar-refractivity contribution < 1.29 is 23.5 Å². The van der Waals surface area contributed by atoms with Gasteiger partial charge in [0.25, 0.3) is 0 Å². The van der Waals surface area contributed by atoms with Crippen LogP contribution in [-0.4, -0.2) is 107 Å². The highest BCUT2D eigenvalue weighted by atomic mass is 19.1. The first-order valence-corrected chi connectivity index (χ1v) is 14.5. The third kappa shape index (κ3) is 8.74. The lowest BCUT2D eigenvalue weighted by atomic mass is 9.54. The highest BCUT2D eigenvalue weighted by molar-refractivity contribution is 6.62. The molecule has 1 saturated heterocycles. The second-order valence-corrected chi connectivity index (χ2v) is 12.7. The molecule has 15 heteroatoms. The lowest BCUT2D eigenvalue weighted by molar-refractivity contribution is -0.186. The quantitative estimate of drug-likeness (QED) is 0.232. The lowest BCUT2D eigenvalue weighted by Gasteiger charge is -2.53. The van der Waals surface area contributed by atoms with Crippen LogP contribution < -0.4 is 16.0 Å². The second-order valence-electron chi connectivity index (χ2n) is 12.7. The smallest absolute Gasteiger partial charge is 0.236 e. The Kier molecular flexibility index (Phi) is 11.4. The van der Waals surface area contributed by atoms with Crippen molar-refractivity contribution in [3.05, 3.63) is 64.5 Å². The molecule has 3 rings (SSSR count). The zero-order valence-corrected chi connectivity index (χ0v) is 26.4. The van der Waals surface area contributed by atoms with Gasteiger partial charge in [-0.1, -0.05) is 24.3 Å². The van der Waals surface area contributed by atoms with E-state index in [0.29, 0.717) is 19.4 Å². The van der Waals surface area contributed by atoms with Crippen LogP contribution in [0, 0.1) is 5.82 Å². The van der Waals surface area contributed by atoms with E-state index in [4.69, 9.17) is 51.8 Å². The first kappa shape index (κ1) is 36.7. The Morgan fingerprint density at radius 3 is 2.24 bits per heavy atom. The number of amides is 1. The van der Waals surface area contributed by atoms with Crippen molar-refractivity contribution in [2.45, 2.75) is 74.4 Å². The number of anilines is 1. The Hall–Kier alpha value is -2.75. The van der Waals surface area contributed by atoms with Gasteiger partial charge in [-0.15, -0.1) is 0 Å². The Balaban J connectivity index is 1.96. The van der Waals surface area contributed by atoms with E-state index in [9.17, 15) is 14.4 Å². The molecule has 45 heavy (non-hydrogen) atoms. The Labute approximate surface area is 273 Å². The molecule has 0 spiro atoms. The van der Waals surface area contributed by atoms with Crippen molar-refractivity contribution in [2.24, 2.45) is 0 Å². The third-order valence-corrected chi connectivity index (χ3v) is 7.64. The third-order valence-electron chi connectivity index (χ3n) is 7.64. The summed E-state index contributed by atoms with van der Waals surface area (Å²) in [4.78, 5) is 37.6. The molecule has 1 heterocycles. The Morgan fingerprint density at radius 1 is 1.09 bits per heavy atom. The van der Waals surface area contributed by atoms with Crippen LogP contribution in [0.1, 0.15) is 73.5 Å². The molecule has 2 aromatic carbocycles. The molecule has 0 saturated carbocycles. The molecular formula is C30H35B6FN4O4. The number of halogens is 1. The fourth-order valence-electron chi connectivity index (χ4n) is 5.85. The summed E-state index contributed by atoms with van der Waals surface area (Å²) in [6, 6.07) is 7.68. The van der Waals surface area contributed by atoms with Gasteiger partial charge in [-0.2, -0.15) is 0 Å². The van der Waals surface area contributed by atoms with E-state index >= 15 is 4.39 Å². The molecule has 0 aliphatic carbocycles. The number of nitrogens with zero attached hydrogens (tertiary/aromatic N) is 1. The van der Waals surface area contributed by atoms with E-state index in [1.54, 1.807) is 6.07 Å². The molecule has 2 atom stereocenters. The van der Waals surface area contributed by atoms with Gasteiger partial charge >= 0.3 is 0 Å². The van der Waals surface area contributed by atoms with Crippen LogP contribution in [0.3, 0.4) is 0 Å². The van der Waals surface area contributed by atoms with Crippen LogP contribution in [0.5, 0.6) is 0 Å². The number of ether oxygens (including phenoxy) is 1. The molecule has 1 aliphatic heterocycles. The fraction of sp³-hybridized carbons (Fsp3) is 0.500. The number of rotatable bonds is 13. The topological polar surface area (TPSA) is 99.8 Å². The Morgan fingerprint density at radius 2 is 1.71 bits per heavy atom. The molecule has 2 aromatic rings. The van der Waals surface area contributed by atoms with Gasteiger partial charge in [0.05, 0.1) is 56.5 Å². The molecule has 1 aliphatic rings. The summed E-state index contributed by atoms with van der Waals surface area (Å²) in [5, 5.41) is 4.69. The summed E-state index contributed by atoms with van der Waals surface area (Å²) < 4.78 is 21.9. The fourth-order valence-corrected chi connectivity index (χ4v) is 5.85. The van der Waals surface area contributed by atoms with Crippen LogP contribution in [-0.2, 0) is 25.0 Å². The van der Waals surface area contributed by atoms with E-state index < -0.39 is 51.3 Å². The summed E-state index contributed by atoms with van der Waals surface area (Å²) in [5.41, 5.74) is -1.51. The maximum Gasteiger partial charge on any atom is 0.236 e. The van der Waals surface area contributed by atoms with Crippen molar-refractivity contribution in [1.82, 2.24) is 15.5 Å². The molecule has 224 valence electrons. The number of likely N-dealkylation sites (N-methyl/N-ethyl adjacent to an activating group) is 1. The van der Waals surface area contributed by atoms with Gasteiger partial charge in [0.1, 0.15) is 17.8 Å². The number of morpholine rings is 1. The normalized spacial score (nSPS) is 18.0. The molecule has 1 amide bonds. The molecule has 2 unspecified atom stereocenters. The lowest BCUT2D eigenvalue weighted by Crippen LogP contribution is -2.63. The largest absolute Gasteiger partial charge is 0.392 e. The summed E-state index contributed by atoms with van der Waals surface area (Å²) in [6.07, 6.45) is 0.890. The minimum atomic E-state index is -2.04. The van der Waals surface area contributed by atoms with Crippen LogP contribution >= 0.6 is 0 Å². The van der Waals surface area contributed by atoms with Crippen molar-refractivity contribution in [3.8, 4) is 0 Å². The van der Waals surface area contributed by atoms with Crippen molar-refractivity contribution >= 4 is 70.6 Å². The van der Waals surface area contributed by atoms with Gasteiger partial charge in [0.15, 0.2) is 7.85 Å². The van der Waals surface area contributed by atoms with Gasteiger partial charge in [0, 0.05) is 37.8 Å². The van der Waals surface area contributed by atoms with Gasteiger partial charge in [-0.05, 0) is 79.6 Å². The van der Waals surface area contributed by atoms with E-state index in [-0.39, 0.29) is 40.8 Å². The highest BCUT2D eigenvalue weighted by Gasteiger charge is 2.43. The predicted molar refractivity (Wildman–Crippen MR) is 179 cm³/mol. The number of aldehydes is 1. The molecule has 1 fully saturated rings. The van der Waals surface area contributed by atoms with Gasteiger partial charge in [-0.3, -0.25) is 4.79 Å². The van der Waals surface area contributed by atoms with Gasteiger partial charge < -0.3 is 35.2 Å². The highest BCUT2D eigenvalue weighted by Crippen LogP contribution is 2.36. The van der Waals surface area contributed by atoms with Crippen molar-refractivity contribution in [2.75, 3.05) is 25.5 Å².